The zero-order valence-corrected chi connectivity index (χ0v) is 16.8. The van der Waals surface area contributed by atoms with Crippen molar-refractivity contribution < 1.29 is 52.7 Å². The standard InChI is InChI=1S/C8H12.2C5H.4CO.2Fe/c1-3-5-7-8-6-4-2;2*1-2-4-5-3-1;4*1-2;;/h1-4H,5-8H2;2*1H;;;;;;/q-2;2*-5;;;;;;. The van der Waals surface area contributed by atoms with Crippen LogP contribution in [0.3, 0.4) is 0 Å². The van der Waals surface area contributed by atoms with Gasteiger partial charge < -0.3 is 73.8 Å². The van der Waals surface area contributed by atoms with E-state index in [1.54, 1.807) is 24.3 Å². The molecule has 0 N–H and O–H groups in total. The SMILES string of the molecule is [C-]#[O+].[C-]#[O+].[C-]#[O+].[C-]#[O+].[CH-]=CCCCCC=[CH-].[Fe].[Fe].[c-]1[c-][c-][cH-][c-]1.[c-]1[c-][c-][cH-][c-]1. The second kappa shape index (κ2) is 73.2. The Hall–Kier alpha value is -1.82. The van der Waals surface area contributed by atoms with E-state index in [1.165, 1.54) is 0 Å². The van der Waals surface area contributed by atoms with E-state index in [0.717, 1.165) is 25.7 Å². The van der Waals surface area contributed by atoms with Crippen LogP contribution in [0.5, 0.6) is 0 Å². The van der Waals surface area contributed by atoms with Gasteiger partial charge in [0.15, 0.2) is 0 Å². The summed E-state index contributed by atoms with van der Waals surface area (Å²) < 4.78 is 30.0. The molecule has 0 atom stereocenters. The zero-order chi connectivity index (χ0) is 21.3. The van der Waals surface area contributed by atoms with Crippen LogP contribution in [-0.4, -0.2) is 0 Å². The van der Waals surface area contributed by atoms with E-state index >= 15 is 0 Å². The van der Waals surface area contributed by atoms with E-state index in [2.05, 4.69) is 75.1 Å². The van der Waals surface area contributed by atoms with Crippen molar-refractivity contribution in [3.63, 3.8) is 0 Å². The van der Waals surface area contributed by atoms with Gasteiger partial charge in [-0.25, -0.2) is 0 Å². The molecule has 0 fully saturated rings. The molecular weight excluding hydrogens is 440 g/mol. The molecule has 4 nitrogen and oxygen atoms in total. The molecule has 0 saturated carbocycles. The molecule has 2 aromatic carbocycles. The first kappa shape index (κ1) is 45.1. The van der Waals surface area contributed by atoms with E-state index < -0.39 is 0 Å². The van der Waals surface area contributed by atoms with E-state index in [-0.39, 0.29) is 34.1 Å². The minimum Gasteiger partial charge on any atom is -0.999 e. The van der Waals surface area contributed by atoms with Crippen LogP contribution in [0.15, 0.2) is 24.3 Å². The maximum Gasteiger partial charge on any atom is 0 e. The minimum absolute atomic E-state index is 0. The zero-order valence-electron chi connectivity index (χ0n) is 14.6. The second-order valence-corrected chi connectivity index (χ2v) is 3.12. The topological polar surface area (TPSA) is 79.6 Å². The Morgan fingerprint density at radius 1 is 0.571 bits per heavy atom. The van der Waals surface area contributed by atoms with Gasteiger partial charge in [-0.2, -0.15) is 0 Å². The normalized spacial score (nSPS) is 5.57. The molecule has 0 unspecified atom stereocenters. The molecular formula is C22H14Fe2O4-12. The first-order chi connectivity index (χ1) is 12.9. The Balaban J connectivity index is -0.0000000394. The van der Waals surface area contributed by atoms with Crippen molar-refractivity contribution in [3.8, 4) is 0 Å². The molecule has 0 aliphatic heterocycles. The van der Waals surface area contributed by atoms with Crippen LogP contribution in [0.2, 0.25) is 0 Å². The van der Waals surface area contributed by atoms with Crippen molar-refractivity contribution in [1.29, 1.82) is 0 Å². The van der Waals surface area contributed by atoms with Gasteiger partial charge in [-0.1, -0.05) is 25.7 Å². The summed E-state index contributed by atoms with van der Waals surface area (Å²) in [5, 5.41) is 0. The van der Waals surface area contributed by atoms with Gasteiger partial charge in [0, 0.05) is 34.1 Å². The summed E-state index contributed by atoms with van der Waals surface area (Å²) in [6, 6.07) is 24.0. The molecule has 6 heteroatoms. The van der Waals surface area contributed by atoms with Crippen molar-refractivity contribution in [1.82, 2.24) is 0 Å². The Labute approximate surface area is 190 Å². The molecule has 0 aliphatic carbocycles. The van der Waals surface area contributed by atoms with E-state index in [1.807, 2.05) is 0 Å². The van der Waals surface area contributed by atoms with E-state index in [0.29, 0.717) is 0 Å². The summed E-state index contributed by atoms with van der Waals surface area (Å²) in [5.74, 6) is 0. The van der Waals surface area contributed by atoms with Crippen molar-refractivity contribution in [2.24, 2.45) is 0 Å². The molecule has 0 bridgehead atoms. The van der Waals surface area contributed by atoms with Crippen LogP contribution in [0.1, 0.15) is 25.7 Å². The molecule has 28 heavy (non-hydrogen) atoms. The van der Waals surface area contributed by atoms with Crippen LogP contribution >= 0.6 is 0 Å². The van der Waals surface area contributed by atoms with E-state index in [4.69, 9.17) is 31.8 Å². The van der Waals surface area contributed by atoms with Gasteiger partial charge in [-0.05, 0) is 0 Å². The van der Waals surface area contributed by atoms with Crippen molar-refractivity contribution in [2.75, 3.05) is 0 Å². The molecule has 2 rings (SSSR count). The first-order valence-corrected chi connectivity index (χ1v) is 6.45. The van der Waals surface area contributed by atoms with Crippen LogP contribution in [0.4, 0.5) is 0 Å². The monoisotopic (exact) mass is 454 g/mol. The molecule has 0 aliphatic rings. The molecule has 0 amide bonds. The van der Waals surface area contributed by atoms with Crippen molar-refractivity contribution in [3.05, 3.63) is 113 Å². The second-order valence-electron chi connectivity index (χ2n) is 3.12. The fourth-order valence-electron chi connectivity index (χ4n) is 0.885. The third kappa shape index (κ3) is 74.8. The first-order valence-electron chi connectivity index (χ1n) is 6.45. The molecule has 0 heterocycles. The summed E-state index contributed by atoms with van der Waals surface area (Å²) in [6.45, 7) is 28.3. The molecule has 0 aromatic heterocycles. The minimum atomic E-state index is 0. The fraction of sp³-hybridized carbons (Fsp3) is 0.182. The quantitative estimate of drug-likeness (QED) is 0.287. The third-order valence-electron chi connectivity index (χ3n) is 1.69. The van der Waals surface area contributed by atoms with Gasteiger partial charge in [0.1, 0.15) is 0 Å². The van der Waals surface area contributed by atoms with Gasteiger partial charge in [-0.3, -0.25) is 12.2 Å². The maximum atomic E-state index is 7.50. The summed E-state index contributed by atoms with van der Waals surface area (Å²) in [6.07, 6.45) is 7.71. The average Bonchev–Trinajstić information content (AvgIpc) is 3.50. The molecule has 0 radical (unpaired) electrons. The van der Waals surface area contributed by atoms with Gasteiger partial charge in [0.2, 0.25) is 0 Å². The van der Waals surface area contributed by atoms with Crippen LogP contribution in [-0.2, 0) is 52.7 Å². The van der Waals surface area contributed by atoms with Crippen LogP contribution < -0.4 is 0 Å². The Morgan fingerprint density at radius 2 is 0.786 bits per heavy atom. The maximum absolute atomic E-state index is 7.50. The number of hydrogen-bond acceptors (Lipinski definition) is 0. The average molecular weight is 454 g/mol. The van der Waals surface area contributed by atoms with Crippen molar-refractivity contribution in [2.45, 2.75) is 25.7 Å². The van der Waals surface area contributed by atoms with Gasteiger partial charge in [0.25, 0.3) is 0 Å². The molecule has 2 aromatic rings. The van der Waals surface area contributed by atoms with Gasteiger partial charge >= 0.3 is 45.2 Å². The molecule has 154 valence electrons. The number of rotatable bonds is 5. The summed E-state index contributed by atoms with van der Waals surface area (Å²) in [4.78, 5) is 0. The summed E-state index contributed by atoms with van der Waals surface area (Å²) in [7, 11) is 0. The number of unbranched alkanes of at least 4 members (excludes halogenated alkanes) is 3. The Bertz CT molecular complexity index is 401. The smallest absolute Gasteiger partial charge is 0 e. The predicted octanol–water partition coefficient (Wildman–Crippen LogP) is 3.58. The Morgan fingerprint density at radius 3 is 0.893 bits per heavy atom. The summed E-state index contributed by atoms with van der Waals surface area (Å²) in [5.41, 5.74) is 0. The molecule has 0 saturated heterocycles. The number of hydrogen-bond donors (Lipinski definition) is 0. The third-order valence-corrected chi connectivity index (χ3v) is 1.69. The van der Waals surface area contributed by atoms with Crippen LogP contribution in [0.25, 0.3) is 0 Å². The molecule has 0 spiro atoms. The van der Waals surface area contributed by atoms with Gasteiger partial charge in [0.05, 0.1) is 0 Å². The van der Waals surface area contributed by atoms with Gasteiger partial charge in [-0.15, -0.1) is 0 Å². The van der Waals surface area contributed by atoms with Crippen LogP contribution in [0, 0.1) is 88.3 Å². The Kier molecular flexibility index (Phi) is 118. The van der Waals surface area contributed by atoms with Crippen molar-refractivity contribution >= 4 is 0 Å². The number of allylic oxidation sites excluding steroid dienone is 2. The largest absolute Gasteiger partial charge is 0.999 e. The van der Waals surface area contributed by atoms with E-state index in [9.17, 15) is 0 Å². The predicted molar refractivity (Wildman–Crippen MR) is 86.7 cm³/mol. The summed E-state index contributed by atoms with van der Waals surface area (Å²) >= 11 is 0. The fourth-order valence-corrected chi connectivity index (χ4v) is 0.885.